The fraction of sp³-hybridized carbons (Fsp3) is 0.350. The van der Waals surface area contributed by atoms with Crippen LogP contribution in [-0.4, -0.2) is 22.6 Å². The van der Waals surface area contributed by atoms with E-state index in [2.05, 4.69) is 15.6 Å². The number of carbonyl (C=O) groups is 3. The Labute approximate surface area is 152 Å². The van der Waals surface area contributed by atoms with Crippen molar-refractivity contribution in [2.45, 2.75) is 39.2 Å². The van der Waals surface area contributed by atoms with Gasteiger partial charge in [-0.25, -0.2) is 0 Å². The van der Waals surface area contributed by atoms with Gasteiger partial charge in [-0.3, -0.25) is 14.4 Å². The van der Waals surface area contributed by atoms with E-state index in [1.165, 1.54) is 19.2 Å². The molecule has 0 saturated heterocycles. The number of benzene rings is 1. The molecule has 0 spiro atoms. The first-order chi connectivity index (χ1) is 12.5. The summed E-state index contributed by atoms with van der Waals surface area (Å²) in [6, 6.07) is 9.00. The number of carbonyl (C=O) groups excluding carboxylic acids is 3. The van der Waals surface area contributed by atoms with Crippen molar-refractivity contribution in [3.8, 4) is 0 Å². The van der Waals surface area contributed by atoms with E-state index < -0.39 is 0 Å². The standard InChI is InChI=1S/C20H23N3O3/c1-13(24)16-10-18(21-12-16)20(26)22-11-14-5-4-8-17(9-14)23-19(25)15-6-2-3-7-15/h4-5,8-10,12,15,21H,2-3,6-7,11H2,1H3,(H,22,26)(H,23,25). The molecule has 1 aliphatic rings. The highest BCUT2D eigenvalue weighted by Crippen LogP contribution is 2.26. The Morgan fingerprint density at radius 3 is 2.62 bits per heavy atom. The number of Topliss-reactive ketones (excluding diaryl/α,β-unsaturated/α-hetero) is 1. The van der Waals surface area contributed by atoms with Gasteiger partial charge in [0.1, 0.15) is 5.69 Å². The molecular formula is C20H23N3O3. The van der Waals surface area contributed by atoms with Crippen LogP contribution in [0.5, 0.6) is 0 Å². The van der Waals surface area contributed by atoms with Crippen LogP contribution in [0, 0.1) is 5.92 Å². The number of amides is 2. The molecule has 6 heteroatoms. The van der Waals surface area contributed by atoms with Gasteiger partial charge in [-0.05, 0) is 43.5 Å². The van der Waals surface area contributed by atoms with Crippen LogP contribution in [0.1, 0.15) is 59.0 Å². The van der Waals surface area contributed by atoms with Gasteiger partial charge in [0.25, 0.3) is 5.91 Å². The molecule has 1 saturated carbocycles. The summed E-state index contributed by atoms with van der Waals surface area (Å²) in [5, 5.41) is 5.77. The Balaban J connectivity index is 1.56. The van der Waals surface area contributed by atoms with E-state index in [9.17, 15) is 14.4 Å². The number of aromatic amines is 1. The van der Waals surface area contributed by atoms with Gasteiger partial charge >= 0.3 is 0 Å². The van der Waals surface area contributed by atoms with Crippen LogP contribution in [0.25, 0.3) is 0 Å². The predicted molar refractivity (Wildman–Crippen MR) is 99.0 cm³/mol. The van der Waals surface area contributed by atoms with E-state index in [4.69, 9.17) is 0 Å². The van der Waals surface area contributed by atoms with Crippen molar-refractivity contribution in [3.63, 3.8) is 0 Å². The van der Waals surface area contributed by atoms with Gasteiger partial charge < -0.3 is 15.6 Å². The average molecular weight is 353 g/mol. The molecule has 0 bridgehead atoms. The number of ketones is 1. The lowest BCUT2D eigenvalue weighted by Gasteiger charge is -2.11. The number of H-pyrrole nitrogens is 1. The highest BCUT2D eigenvalue weighted by molar-refractivity contribution is 5.99. The molecule has 6 nitrogen and oxygen atoms in total. The molecule has 2 amide bonds. The maximum atomic E-state index is 12.2. The second-order valence-electron chi connectivity index (χ2n) is 6.71. The number of anilines is 1. The number of hydrogen-bond acceptors (Lipinski definition) is 3. The van der Waals surface area contributed by atoms with Gasteiger partial charge in [-0.1, -0.05) is 25.0 Å². The first-order valence-electron chi connectivity index (χ1n) is 8.90. The Morgan fingerprint density at radius 1 is 1.15 bits per heavy atom. The summed E-state index contributed by atoms with van der Waals surface area (Å²) in [4.78, 5) is 38.5. The zero-order valence-corrected chi connectivity index (χ0v) is 14.8. The summed E-state index contributed by atoms with van der Waals surface area (Å²) in [6.07, 6.45) is 5.68. The first-order valence-corrected chi connectivity index (χ1v) is 8.90. The number of rotatable bonds is 6. The van der Waals surface area contributed by atoms with Crippen molar-refractivity contribution >= 4 is 23.3 Å². The van der Waals surface area contributed by atoms with Crippen LogP contribution < -0.4 is 10.6 Å². The lowest BCUT2D eigenvalue weighted by molar-refractivity contribution is -0.119. The molecule has 26 heavy (non-hydrogen) atoms. The average Bonchev–Trinajstić information content (AvgIpc) is 3.31. The monoisotopic (exact) mass is 353 g/mol. The maximum Gasteiger partial charge on any atom is 0.267 e. The summed E-state index contributed by atoms with van der Waals surface area (Å²) in [6.45, 7) is 1.79. The normalized spacial score (nSPS) is 14.2. The van der Waals surface area contributed by atoms with Gasteiger partial charge in [0.2, 0.25) is 5.91 Å². The Bertz CT molecular complexity index is 819. The topological polar surface area (TPSA) is 91.1 Å². The van der Waals surface area contributed by atoms with Gasteiger partial charge in [-0.2, -0.15) is 0 Å². The zero-order chi connectivity index (χ0) is 18.5. The first kappa shape index (κ1) is 17.9. The molecule has 0 radical (unpaired) electrons. The van der Waals surface area contributed by atoms with E-state index >= 15 is 0 Å². The highest BCUT2D eigenvalue weighted by atomic mass is 16.2. The quantitative estimate of drug-likeness (QED) is 0.696. The van der Waals surface area contributed by atoms with Gasteiger partial charge in [0.05, 0.1) is 0 Å². The van der Waals surface area contributed by atoms with E-state index in [1.807, 2.05) is 24.3 Å². The van der Waals surface area contributed by atoms with Crippen molar-refractivity contribution in [3.05, 3.63) is 53.3 Å². The molecule has 136 valence electrons. The fourth-order valence-corrected chi connectivity index (χ4v) is 3.20. The van der Waals surface area contributed by atoms with Gasteiger partial charge in [-0.15, -0.1) is 0 Å². The minimum atomic E-state index is -0.280. The van der Waals surface area contributed by atoms with Crippen molar-refractivity contribution in [2.75, 3.05) is 5.32 Å². The van der Waals surface area contributed by atoms with E-state index in [0.717, 1.165) is 36.9 Å². The largest absolute Gasteiger partial charge is 0.356 e. The highest BCUT2D eigenvalue weighted by Gasteiger charge is 2.22. The van der Waals surface area contributed by atoms with Gasteiger partial charge in [0.15, 0.2) is 5.78 Å². The van der Waals surface area contributed by atoms with E-state index in [1.54, 1.807) is 0 Å². The number of hydrogen-bond donors (Lipinski definition) is 3. The SMILES string of the molecule is CC(=O)c1c[nH]c(C(=O)NCc2cccc(NC(=O)C3CCCC3)c2)c1. The van der Waals surface area contributed by atoms with Crippen LogP contribution >= 0.6 is 0 Å². The lowest BCUT2D eigenvalue weighted by Crippen LogP contribution is -2.23. The molecule has 1 heterocycles. The lowest BCUT2D eigenvalue weighted by atomic mass is 10.1. The second-order valence-corrected chi connectivity index (χ2v) is 6.71. The summed E-state index contributed by atoms with van der Waals surface area (Å²) >= 11 is 0. The van der Waals surface area contributed by atoms with Crippen LogP contribution in [0.2, 0.25) is 0 Å². The molecule has 3 N–H and O–H groups in total. The summed E-state index contributed by atoms with van der Waals surface area (Å²) in [5.74, 6) is -0.183. The molecule has 1 aromatic carbocycles. The number of aromatic nitrogens is 1. The maximum absolute atomic E-state index is 12.2. The van der Waals surface area contributed by atoms with Crippen LogP contribution in [0.4, 0.5) is 5.69 Å². The zero-order valence-electron chi connectivity index (χ0n) is 14.8. The molecule has 1 fully saturated rings. The van der Waals surface area contributed by atoms with E-state index in [-0.39, 0.29) is 23.5 Å². The molecule has 1 aromatic heterocycles. The second kappa shape index (κ2) is 7.99. The predicted octanol–water partition coefficient (Wildman–Crippen LogP) is 3.28. The number of nitrogens with one attached hydrogen (secondary N) is 3. The molecule has 0 unspecified atom stereocenters. The summed E-state index contributed by atoms with van der Waals surface area (Å²) < 4.78 is 0. The molecule has 0 atom stereocenters. The third-order valence-corrected chi connectivity index (χ3v) is 4.71. The summed E-state index contributed by atoms with van der Waals surface area (Å²) in [5.41, 5.74) is 2.46. The Kier molecular flexibility index (Phi) is 5.51. The summed E-state index contributed by atoms with van der Waals surface area (Å²) in [7, 11) is 0. The van der Waals surface area contributed by atoms with Crippen molar-refractivity contribution in [1.29, 1.82) is 0 Å². The fourth-order valence-electron chi connectivity index (χ4n) is 3.20. The van der Waals surface area contributed by atoms with Crippen molar-refractivity contribution in [2.24, 2.45) is 5.92 Å². The Morgan fingerprint density at radius 2 is 1.92 bits per heavy atom. The molecule has 0 aliphatic heterocycles. The van der Waals surface area contributed by atoms with Crippen LogP contribution in [0.15, 0.2) is 36.5 Å². The van der Waals surface area contributed by atoms with Crippen molar-refractivity contribution < 1.29 is 14.4 Å². The van der Waals surface area contributed by atoms with Gasteiger partial charge in [0, 0.05) is 29.9 Å². The molecule has 2 aromatic rings. The minimum Gasteiger partial charge on any atom is -0.356 e. The van der Waals surface area contributed by atoms with Crippen LogP contribution in [0.3, 0.4) is 0 Å². The smallest absolute Gasteiger partial charge is 0.267 e. The molecule has 1 aliphatic carbocycles. The Hall–Kier alpha value is -2.89. The van der Waals surface area contributed by atoms with Crippen molar-refractivity contribution in [1.82, 2.24) is 10.3 Å². The van der Waals surface area contributed by atoms with E-state index in [0.29, 0.717) is 17.8 Å². The third kappa shape index (κ3) is 4.39. The third-order valence-electron chi connectivity index (χ3n) is 4.71. The molecule has 3 rings (SSSR count). The van der Waals surface area contributed by atoms with Crippen LogP contribution in [-0.2, 0) is 11.3 Å². The minimum absolute atomic E-state index is 0.0758. The molecular weight excluding hydrogens is 330 g/mol.